The first kappa shape index (κ1) is 14.3. The Balaban J connectivity index is 0.00000364. The predicted molar refractivity (Wildman–Crippen MR) is 77.9 cm³/mol. The molecule has 0 bridgehead atoms. The van der Waals surface area contributed by atoms with Crippen LogP contribution in [0.1, 0.15) is 28.7 Å². The number of nitrogens with zero attached hydrogens (tertiary/aromatic N) is 1. The number of rotatable bonds is 5. The van der Waals surface area contributed by atoms with E-state index < -0.39 is 43.2 Å². The Morgan fingerprint density at radius 1 is 1.39 bits per heavy atom. The van der Waals surface area contributed by atoms with Gasteiger partial charge in [0.05, 0.1) is 5.97 Å². The van der Waals surface area contributed by atoms with Gasteiger partial charge in [0.25, 0.3) is 5.91 Å². The van der Waals surface area contributed by atoms with E-state index >= 15 is 0 Å². The zero-order valence-electron chi connectivity index (χ0n) is 16.6. The number of aliphatic carboxylic acids is 1. The fourth-order valence-electron chi connectivity index (χ4n) is 2.02. The molecule has 1 amide bonds. The molecular weight excluding hydrogens is 318 g/mol. The van der Waals surface area contributed by atoms with Gasteiger partial charge in [-0.05, 0) is 50.0 Å². The number of benzene rings is 1. The summed E-state index contributed by atoms with van der Waals surface area (Å²) in [7, 11) is 0. The second-order valence-electron chi connectivity index (χ2n) is 4.92. The molecular formula is C15H17ClFLiN2O3. The number of amides is 1. The third-order valence-electron chi connectivity index (χ3n) is 3.10. The van der Waals surface area contributed by atoms with Crippen molar-refractivity contribution in [1.29, 1.82) is 0 Å². The fraction of sp³-hybridized carbons (Fsp3) is 0.467. The van der Waals surface area contributed by atoms with Crippen molar-refractivity contribution in [3.63, 3.8) is 0 Å². The molecule has 23 heavy (non-hydrogen) atoms. The molecule has 2 rings (SSSR count). The van der Waals surface area contributed by atoms with Crippen LogP contribution in [-0.2, 0) is 4.79 Å². The van der Waals surface area contributed by atoms with Gasteiger partial charge in [0.1, 0.15) is 5.82 Å². The molecule has 1 aromatic carbocycles. The molecule has 1 fully saturated rings. The largest absolute Gasteiger partial charge is 1.00 e. The quantitative estimate of drug-likeness (QED) is 0.612. The predicted octanol–water partition coefficient (Wildman–Crippen LogP) is -2.33. The maximum absolute atomic E-state index is 13.3. The van der Waals surface area contributed by atoms with Crippen molar-refractivity contribution in [1.82, 2.24) is 10.2 Å². The van der Waals surface area contributed by atoms with Crippen molar-refractivity contribution in [2.24, 2.45) is 5.92 Å². The van der Waals surface area contributed by atoms with E-state index in [2.05, 4.69) is 5.32 Å². The summed E-state index contributed by atoms with van der Waals surface area (Å²) in [4.78, 5) is 23.5. The first-order chi connectivity index (χ1) is 11.9. The van der Waals surface area contributed by atoms with Crippen LogP contribution < -0.4 is 29.3 Å². The summed E-state index contributed by atoms with van der Waals surface area (Å²) >= 11 is 5.70. The summed E-state index contributed by atoms with van der Waals surface area (Å²) < 4.78 is 45.1. The molecule has 0 aromatic heterocycles. The molecule has 0 spiro atoms. The van der Waals surface area contributed by atoms with Crippen LogP contribution in [0.5, 0.6) is 0 Å². The number of halogens is 2. The number of carbonyl (C=O) groups is 2. The van der Waals surface area contributed by atoms with E-state index in [0.29, 0.717) is 4.90 Å². The SMILES string of the molecule is [2H]C1([2H])CC(CNC(=O)c2cc(F)cc(Cl)c2)CC([2H])([2H])N1CC(=O)[O-].[Li+]. The molecule has 0 radical (unpaired) electrons. The number of hydrogen-bond acceptors (Lipinski definition) is 4. The second kappa shape index (κ2) is 9.29. The van der Waals surface area contributed by atoms with Crippen LogP contribution >= 0.6 is 11.6 Å². The molecule has 1 aromatic rings. The minimum atomic E-state index is -2.22. The van der Waals surface area contributed by atoms with E-state index in [1.54, 1.807) is 0 Å². The molecule has 1 N–H and O–H groups in total. The number of likely N-dealkylation sites (tertiary alicyclic amines) is 1. The standard InChI is InChI=1S/C15H18ClFN2O3.Li/c16-12-5-11(6-13(17)7-12)15(22)18-8-10-1-3-19(4-2-10)9-14(20)21;/h5-7,10H,1-4,8-9H2,(H,18,22)(H,20,21);/q;+1/p-1/i3D2,4D2;. The van der Waals surface area contributed by atoms with Crippen LogP contribution in [0.15, 0.2) is 18.2 Å². The molecule has 0 saturated carbocycles. The van der Waals surface area contributed by atoms with Crippen LogP contribution in [0.2, 0.25) is 5.02 Å². The van der Waals surface area contributed by atoms with Gasteiger partial charge in [0.15, 0.2) is 0 Å². The molecule has 1 saturated heterocycles. The van der Waals surface area contributed by atoms with Crippen molar-refractivity contribution in [3.05, 3.63) is 34.6 Å². The smallest absolute Gasteiger partial charge is 0.549 e. The van der Waals surface area contributed by atoms with Gasteiger partial charge >= 0.3 is 18.9 Å². The summed E-state index contributed by atoms with van der Waals surface area (Å²) in [6, 6.07) is 3.33. The van der Waals surface area contributed by atoms with E-state index in [1.807, 2.05) is 0 Å². The summed E-state index contributed by atoms with van der Waals surface area (Å²) in [5.41, 5.74) is -0.00425. The zero-order valence-corrected chi connectivity index (χ0v) is 13.3. The maximum Gasteiger partial charge on any atom is 1.00 e. The van der Waals surface area contributed by atoms with Crippen LogP contribution in [-0.4, -0.2) is 42.9 Å². The van der Waals surface area contributed by atoms with Crippen molar-refractivity contribution >= 4 is 23.5 Å². The van der Waals surface area contributed by atoms with Gasteiger partial charge in [-0.3, -0.25) is 9.69 Å². The van der Waals surface area contributed by atoms with Crippen molar-refractivity contribution in [2.45, 2.75) is 12.8 Å². The Bertz CT molecular complexity index is 688. The topological polar surface area (TPSA) is 72.5 Å². The van der Waals surface area contributed by atoms with E-state index in [-0.39, 0.29) is 48.8 Å². The van der Waals surface area contributed by atoms with Crippen LogP contribution in [0.25, 0.3) is 0 Å². The summed E-state index contributed by atoms with van der Waals surface area (Å²) in [5.74, 6) is -3.45. The summed E-state index contributed by atoms with van der Waals surface area (Å²) in [5, 5.41) is 13.3. The minimum Gasteiger partial charge on any atom is -0.549 e. The normalized spacial score (nSPS) is 22.7. The zero-order chi connectivity index (χ0) is 19.7. The first-order valence-corrected chi connectivity index (χ1v) is 7.00. The van der Waals surface area contributed by atoms with Gasteiger partial charge < -0.3 is 15.2 Å². The molecule has 8 heteroatoms. The third kappa shape index (κ3) is 6.52. The van der Waals surface area contributed by atoms with E-state index in [0.717, 1.165) is 12.1 Å². The van der Waals surface area contributed by atoms with Gasteiger partial charge in [0.2, 0.25) is 0 Å². The average Bonchev–Trinajstić information content (AvgIpc) is 2.46. The Labute approximate surface area is 157 Å². The molecule has 120 valence electrons. The Morgan fingerprint density at radius 3 is 2.61 bits per heavy atom. The number of carbonyl (C=O) groups excluding carboxylic acids is 2. The van der Waals surface area contributed by atoms with Crippen LogP contribution in [0, 0.1) is 11.7 Å². The Morgan fingerprint density at radius 2 is 2.04 bits per heavy atom. The third-order valence-corrected chi connectivity index (χ3v) is 3.32. The van der Waals surface area contributed by atoms with Crippen molar-refractivity contribution < 1.29 is 43.4 Å². The number of carboxylic acids is 1. The average molecular weight is 339 g/mol. The Kier molecular flexibility index (Phi) is 5.77. The van der Waals surface area contributed by atoms with Gasteiger partial charge in [-0.1, -0.05) is 11.6 Å². The maximum atomic E-state index is 13.3. The first-order valence-electron chi connectivity index (χ1n) is 8.62. The van der Waals surface area contributed by atoms with Crippen LogP contribution in [0.3, 0.4) is 0 Å². The van der Waals surface area contributed by atoms with Crippen LogP contribution in [0.4, 0.5) is 4.39 Å². The van der Waals surface area contributed by atoms with E-state index in [9.17, 15) is 19.1 Å². The monoisotopic (exact) mass is 338 g/mol. The molecule has 0 unspecified atom stereocenters. The van der Waals surface area contributed by atoms with Gasteiger partial charge in [0, 0.05) is 29.2 Å². The van der Waals surface area contributed by atoms with Gasteiger partial charge in [-0.15, -0.1) is 0 Å². The van der Waals surface area contributed by atoms with Crippen molar-refractivity contribution in [3.8, 4) is 0 Å². The number of hydrogen-bond donors (Lipinski definition) is 1. The van der Waals surface area contributed by atoms with E-state index in [4.69, 9.17) is 17.1 Å². The molecule has 0 aliphatic carbocycles. The number of piperidine rings is 1. The Hall–Kier alpha value is -1.06. The van der Waals surface area contributed by atoms with Gasteiger partial charge in [-0.25, -0.2) is 4.39 Å². The molecule has 1 aliphatic heterocycles. The number of nitrogens with one attached hydrogen (secondary N) is 1. The molecule has 1 aliphatic rings. The molecule has 0 atom stereocenters. The summed E-state index contributed by atoms with van der Waals surface area (Å²) in [6.07, 6.45) is -0.353. The minimum absolute atomic E-state index is 0. The molecule has 5 nitrogen and oxygen atoms in total. The second-order valence-corrected chi connectivity index (χ2v) is 5.35. The fourth-order valence-corrected chi connectivity index (χ4v) is 2.24. The molecule has 1 heterocycles. The van der Waals surface area contributed by atoms with Crippen molar-refractivity contribution in [2.75, 3.05) is 26.1 Å². The number of carboxylic acid groups (broad SMARTS) is 1. The van der Waals surface area contributed by atoms with Gasteiger partial charge in [-0.2, -0.15) is 0 Å². The summed E-state index contributed by atoms with van der Waals surface area (Å²) in [6.45, 7) is -5.37. The van der Waals surface area contributed by atoms with E-state index in [1.165, 1.54) is 6.07 Å².